The molecule has 6 saturated heterocycles. The van der Waals surface area contributed by atoms with Gasteiger partial charge in [-0.3, -0.25) is 66.6 Å². The van der Waals surface area contributed by atoms with Crippen LogP contribution in [0, 0.1) is 17.5 Å². The third-order valence-corrected chi connectivity index (χ3v) is 34.0. The fourth-order valence-electron chi connectivity index (χ4n) is 23.2. The Labute approximate surface area is 836 Å². The minimum absolute atomic E-state index is 0.000576. The molecule has 6 aromatic carbocycles. The fraction of sp³-hybridized carbons (Fsp3) is 0.460. The van der Waals surface area contributed by atoms with Crippen molar-refractivity contribution >= 4 is 136 Å². The highest BCUT2D eigenvalue weighted by Gasteiger charge is 2.48. The van der Waals surface area contributed by atoms with Crippen molar-refractivity contribution in [3.63, 3.8) is 0 Å². The zero-order valence-electron chi connectivity index (χ0n) is 80.8. The van der Waals surface area contributed by atoms with Gasteiger partial charge in [-0.2, -0.15) is 69.8 Å². The maximum Gasteiger partial charge on any atom is 0.417 e. The van der Waals surface area contributed by atoms with Gasteiger partial charge < -0.3 is 34.3 Å². The molecule has 0 radical (unpaired) electrons. The van der Waals surface area contributed by atoms with Gasteiger partial charge in [-0.15, -0.1) is 35.3 Å². The Morgan fingerprint density at radius 2 is 0.752 bits per heavy atom. The number of rotatable bonds is 19. The maximum atomic E-state index is 16.2. The van der Waals surface area contributed by atoms with Crippen LogP contribution in [0.15, 0.2) is 139 Å². The van der Waals surface area contributed by atoms with E-state index in [1.54, 1.807) is 48.3 Å². The van der Waals surface area contributed by atoms with Crippen molar-refractivity contribution in [1.82, 2.24) is 102 Å². The number of halogens is 12. The van der Waals surface area contributed by atoms with Gasteiger partial charge in [0, 0.05) is 303 Å². The lowest BCUT2D eigenvalue weighted by Gasteiger charge is -2.45. The molecule has 12 aromatic rings. The summed E-state index contributed by atoms with van der Waals surface area (Å²) in [7, 11) is 6.62. The summed E-state index contributed by atoms with van der Waals surface area (Å²) in [5.74, 6) is -2.21. The molecule has 145 heavy (non-hydrogen) atoms. The van der Waals surface area contributed by atoms with E-state index in [-0.39, 0.29) is 213 Å². The molecule has 9 aliphatic heterocycles. The average Bonchev–Trinajstić information content (AvgIpc) is 1.43. The molecule has 15 heterocycles. The number of aryl methyl sites for hydroxylation is 3. The molecule has 9 aliphatic rings. The Morgan fingerprint density at radius 3 is 1.13 bits per heavy atom. The number of hydrogen-bond acceptors (Lipinski definition) is 24. The van der Waals surface area contributed by atoms with Crippen LogP contribution in [0.4, 0.5) is 70.1 Å². The molecular weight excluding hydrogens is 1960 g/mol. The lowest BCUT2D eigenvalue weighted by atomic mass is 9.94. The summed E-state index contributed by atoms with van der Waals surface area (Å²) in [5.41, 5.74) is -4.18. The first kappa shape index (κ1) is 99.1. The Morgan fingerprint density at radius 1 is 0.400 bits per heavy atom. The lowest BCUT2D eigenvalue weighted by molar-refractivity contribution is -0.137. The SMILES string of the molecule is C=CC(=O)N1[C@H](C)CN(c2nc(=O)n3c4c(c(-c5ccc(F)c6cnn(C)c56)c(C(F)(F)F)cc24)SCC3CN2CCN(C/C=C/C(=O)N3CCN(c4nc(=O)n5c6c(c(-c7ccc(F)c8cnn(C)c78)c(C(F)(F)F)cc46)SCC5CN4CCN(C/C=C/C(=O)N5C[C@H](C)N(c6nc(=O)n7c8c(c(-c9ccc(F)c%10cnn(C)c9%10)c(C(F)(F)F)cc68)SCC7CN6CCN(C)CC6)C[C@H]5C)CC4)CC3)CC2)C[C@@H]1C. The topological polar surface area (TPSA) is 248 Å². The van der Waals surface area contributed by atoms with E-state index in [4.69, 9.17) is 0 Å². The van der Waals surface area contributed by atoms with Crippen molar-refractivity contribution in [3.05, 3.63) is 176 Å². The molecule has 0 saturated carbocycles. The molecule has 0 aliphatic carbocycles. The van der Waals surface area contributed by atoms with Crippen LogP contribution in [-0.2, 0) is 54.1 Å². The molecule has 30 nitrogen and oxygen atoms in total. The van der Waals surface area contributed by atoms with E-state index >= 15 is 57.5 Å². The number of carbonyl (C=O) groups excluding carboxylic acids is 3. The summed E-state index contributed by atoms with van der Waals surface area (Å²) in [5, 5.41) is 13.1. The van der Waals surface area contributed by atoms with Crippen LogP contribution < -0.4 is 31.8 Å². The Hall–Kier alpha value is -11.9. The molecule has 0 spiro atoms. The predicted octanol–water partition coefficient (Wildman–Crippen LogP) is 12.6. The second-order valence-corrected chi connectivity index (χ2v) is 42.5. The molecule has 764 valence electrons. The molecule has 7 atom stereocenters. The van der Waals surface area contributed by atoms with E-state index in [1.165, 1.54) is 128 Å². The average molecular weight is 2060 g/mol. The van der Waals surface area contributed by atoms with Crippen molar-refractivity contribution < 1.29 is 67.1 Å². The summed E-state index contributed by atoms with van der Waals surface area (Å²) in [6, 6.07) is 6.88. The van der Waals surface area contributed by atoms with Crippen LogP contribution in [-0.4, -0.2) is 332 Å². The van der Waals surface area contributed by atoms with Gasteiger partial charge in [-0.05, 0) is 95.4 Å². The second-order valence-electron chi connectivity index (χ2n) is 39.4. The van der Waals surface area contributed by atoms with E-state index in [0.717, 1.165) is 62.6 Å². The molecule has 6 fully saturated rings. The zero-order chi connectivity index (χ0) is 102. The zero-order valence-corrected chi connectivity index (χ0v) is 83.3. The maximum absolute atomic E-state index is 16.2. The molecule has 0 bridgehead atoms. The predicted molar refractivity (Wildman–Crippen MR) is 534 cm³/mol. The summed E-state index contributed by atoms with van der Waals surface area (Å²) in [6.07, 6.45) is -3.32. The number of anilines is 3. The van der Waals surface area contributed by atoms with E-state index in [9.17, 15) is 24.0 Å². The van der Waals surface area contributed by atoms with Gasteiger partial charge in [-0.25, -0.2) is 27.6 Å². The monoisotopic (exact) mass is 2060 g/mol. The smallest absolute Gasteiger partial charge is 0.352 e. The minimum atomic E-state index is -5.00. The van der Waals surface area contributed by atoms with Crippen LogP contribution in [0.3, 0.4) is 0 Å². The molecule has 6 aromatic heterocycles. The van der Waals surface area contributed by atoms with Crippen LogP contribution in [0.25, 0.3) is 98.8 Å². The van der Waals surface area contributed by atoms with Crippen molar-refractivity contribution in [2.24, 2.45) is 21.1 Å². The van der Waals surface area contributed by atoms with Gasteiger partial charge in [0.2, 0.25) is 17.7 Å². The van der Waals surface area contributed by atoms with E-state index in [0.29, 0.717) is 90.6 Å². The van der Waals surface area contributed by atoms with E-state index < -0.39 is 112 Å². The highest BCUT2D eigenvalue weighted by atomic mass is 32.2. The van der Waals surface area contributed by atoms with E-state index in [1.807, 2.05) is 39.6 Å². The molecule has 3 unspecified atom stereocenters. The number of nitrogens with zero attached hydrogens (tertiary/aromatic N) is 24. The fourth-order valence-corrected chi connectivity index (χ4v) is 27.1. The standard InChI is InChI=1S/C100H106F12N24O6S3/c1-10-77(137)133-57(4)45-130(46-58(133)5)93-66-40-72(99(107,108)109)81(63-16-19-75(102)69-43-114-121(8)84(63)69)90-87(66)135(96(141)117-93)61(54-144-90)51-126-31-27-123(28-32-126)21-11-13-78(138)128-35-37-129(38-36-128)92-65-39-71(98(104,105)106)80(62-15-18-74(101)68-42-113-120(7)83(62)68)89-86(65)134(95(140)116-92)60(53-143-89)50-127-33-29-124(30-34-127)22-12-14-79(139)131-47-56(3)132(48-55(131)2)94-67-41-73(100(110,111)112)82(64-17-20-76(103)70-44-115-122(9)85(64)70)91-88(67)136(97(142)118-94)59(52-145-91)49-125-25-23-119(6)24-26-125/h10-20,39-44,55-61H,1,21-38,45-54H2,2-9H3/b13-11+,14-12+/t55-,56+,57-,58+,59?,60?,61?/m1/s1. The minimum Gasteiger partial charge on any atom is -0.352 e. The number of hydrogen-bond donors (Lipinski definition) is 0. The number of fused-ring (bicyclic) bond motifs is 3. The van der Waals surface area contributed by atoms with Crippen LogP contribution >= 0.6 is 35.3 Å². The molecule has 3 amide bonds. The normalized spacial score (nSPS) is 21.9. The van der Waals surface area contributed by atoms with Gasteiger partial charge in [0.25, 0.3) is 0 Å². The number of alkyl halides is 9. The number of likely N-dealkylation sites (N-methyl/N-ethyl adjacent to an activating group) is 1. The molecule has 45 heteroatoms. The first-order chi connectivity index (χ1) is 69.3. The Bertz CT molecular complexity index is 7500. The summed E-state index contributed by atoms with van der Waals surface area (Å²) in [4.78, 5) is 125. The largest absolute Gasteiger partial charge is 0.417 e. The Balaban J connectivity index is 0.485. The van der Waals surface area contributed by atoms with Gasteiger partial charge in [0.15, 0.2) is 0 Å². The van der Waals surface area contributed by atoms with Crippen molar-refractivity contribution in [1.29, 1.82) is 0 Å². The number of piperazine rings is 6. The number of benzene rings is 6. The highest BCUT2D eigenvalue weighted by Crippen LogP contribution is 2.57. The first-order valence-electron chi connectivity index (χ1n) is 48.5. The molecular formula is C100H106F12N24O6S3. The first-order valence-corrected chi connectivity index (χ1v) is 51.5. The van der Waals surface area contributed by atoms with Crippen molar-refractivity contribution in [2.75, 3.05) is 203 Å². The van der Waals surface area contributed by atoms with Crippen molar-refractivity contribution in [2.45, 2.75) is 103 Å². The third-order valence-electron chi connectivity index (χ3n) is 30.3. The quantitative estimate of drug-likeness (QED) is 0.0539. The summed E-state index contributed by atoms with van der Waals surface area (Å²) in [6.45, 7) is 21.0. The van der Waals surface area contributed by atoms with E-state index in [2.05, 4.69) is 66.2 Å². The summed E-state index contributed by atoms with van der Waals surface area (Å²) >= 11 is 3.61. The Kier molecular flexibility index (Phi) is 26.3. The second kappa shape index (κ2) is 38.4. The van der Waals surface area contributed by atoms with Gasteiger partial charge in [-0.1, -0.05) is 18.7 Å². The number of aromatic nitrogens is 12. The third kappa shape index (κ3) is 17.9. The number of thioether (sulfide) groups is 3. The van der Waals surface area contributed by atoms with Gasteiger partial charge in [0.05, 0.1) is 103 Å². The molecule has 0 N–H and O–H groups in total. The van der Waals surface area contributed by atoms with Gasteiger partial charge >= 0.3 is 35.6 Å². The van der Waals surface area contributed by atoms with Crippen LogP contribution in [0.1, 0.15) is 62.5 Å². The van der Waals surface area contributed by atoms with Crippen LogP contribution in [0.5, 0.6) is 0 Å². The van der Waals surface area contributed by atoms with Crippen LogP contribution in [0.2, 0.25) is 0 Å². The lowest BCUT2D eigenvalue weighted by Crippen LogP contribution is -2.58. The summed E-state index contributed by atoms with van der Waals surface area (Å²) < 4.78 is 200. The van der Waals surface area contributed by atoms with Crippen molar-refractivity contribution in [3.8, 4) is 33.4 Å². The number of amides is 3. The number of carbonyl (C=O) groups is 3. The molecule has 21 rings (SSSR count). The highest BCUT2D eigenvalue weighted by molar-refractivity contribution is 8.00. The van der Waals surface area contributed by atoms with Gasteiger partial charge in [0.1, 0.15) is 34.9 Å².